The predicted molar refractivity (Wildman–Crippen MR) is 138 cm³/mol. The van der Waals surface area contributed by atoms with E-state index in [0.717, 1.165) is 63.6 Å². The van der Waals surface area contributed by atoms with Crippen LogP contribution < -0.4 is 10.6 Å². The van der Waals surface area contributed by atoms with E-state index >= 15 is 0 Å². The number of pyridine rings is 1. The highest BCUT2D eigenvalue weighted by atomic mass is 35.5. The summed E-state index contributed by atoms with van der Waals surface area (Å²) in [4.78, 5) is 6.30. The molecule has 2 N–H and O–H groups in total. The molecule has 4 nitrogen and oxygen atoms in total. The van der Waals surface area contributed by atoms with Gasteiger partial charge in [-0.05, 0) is 111 Å². The molecule has 0 spiro atoms. The summed E-state index contributed by atoms with van der Waals surface area (Å²) in [5.74, 6) is 0.661. The van der Waals surface area contributed by atoms with E-state index in [9.17, 15) is 13.2 Å². The van der Waals surface area contributed by atoms with Crippen molar-refractivity contribution in [3.63, 3.8) is 0 Å². The molecule has 36 heavy (non-hydrogen) atoms. The summed E-state index contributed by atoms with van der Waals surface area (Å²) in [6, 6.07) is 9.35. The van der Waals surface area contributed by atoms with Crippen LogP contribution in [0.25, 0.3) is 5.57 Å². The van der Waals surface area contributed by atoms with Gasteiger partial charge < -0.3 is 10.6 Å². The van der Waals surface area contributed by atoms with Crippen LogP contribution >= 0.6 is 23.2 Å². The number of fused-ring (bicyclic) bond motifs is 2. The topological polar surface area (TPSA) is 40.2 Å². The Hall–Kier alpha value is -1.64. The van der Waals surface area contributed by atoms with E-state index in [1.54, 1.807) is 6.07 Å². The van der Waals surface area contributed by atoms with Crippen LogP contribution in [0.5, 0.6) is 0 Å². The highest BCUT2D eigenvalue weighted by Crippen LogP contribution is 2.42. The lowest BCUT2D eigenvalue weighted by Crippen LogP contribution is -2.47. The van der Waals surface area contributed by atoms with Crippen molar-refractivity contribution in [1.82, 2.24) is 20.5 Å². The van der Waals surface area contributed by atoms with E-state index in [0.29, 0.717) is 18.0 Å². The monoisotopic (exact) mass is 538 g/mol. The molecule has 2 atom stereocenters. The van der Waals surface area contributed by atoms with Crippen LogP contribution in [0.2, 0.25) is 10.0 Å². The Balaban J connectivity index is 1.27. The second-order valence-corrected chi connectivity index (χ2v) is 10.9. The number of rotatable bonds is 8. The van der Waals surface area contributed by atoms with Crippen molar-refractivity contribution in [1.29, 1.82) is 0 Å². The minimum atomic E-state index is -4.55. The van der Waals surface area contributed by atoms with Crippen molar-refractivity contribution in [2.45, 2.75) is 44.3 Å². The smallest absolute Gasteiger partial charge is 0.316 e. The average Bonchev–Trinajstić information content (AvgIpc) is 3.48. The van der Waals surface area contributed by atoms with E-state index in [1.165, 1.54) is 34.8 Å². The van der Waals surface area contributed by atoms with Crippen molar-refractivity contribution in [2.75, 3.05) is 39.3 Å². The van der Waals surface area contributed by atoms with Gasteiger partial charge in [0.25, 0.3) is 0 Å². The molecular formula is C27H31Cl2F3N4. The first-order valence-electron chi connectivity index (χ1n) is 12.7. The summed E-state index contributed by atoms with van der Waals surface area (Å²) < 4.78 is 39.6. The average molecular weight is 539 g/mol. The van der Waals surface area contributed by atoms with Crippen molar-refractivity contribution >= 4 is 28.8 Å². The van der Waals surface area contributed by atoms with E-state index in [1.807, 2.05) is 6.07 Å². The zero-order valence-electron chi connectivity index (χ0n) is 20.1. The minimum absolute atomic E-state index is 0.262. The highest BCUT2D eigenvalue weighted by molar-refractivity contribution is 6.31. The van der Waals surface area contributed by atoms with Gasteiger partial charge in [0.05, 0.1) is 5.02 Å². The third kappa shape index (κ3) is 5.76. The van der Waals surface area contributed by atoms with Crippen LogP contribution in [0.1, 0.15) is 41.8 Å². The molecule has 0 radical (unpaired) electrons. The Morgan fingerprint density at radius 3 is 2.78 bits per heavy atom. The number of alkyl halides is 3. The van der Waals surface area contributed by atoms with E-state index < -0.39 is 11.9 Å². The van der Waals surface area contributed by atoms with Crippen LogP contribution in [-0.4, -0.2) is 55.2 Å². The first-order valence-corrected chi connectivity index (χ1v) is 13.4. The van der Waals surface area contributed by atoms with Crippen molar-refractivity contribution < 1.29 is 13.2 Å². The van der Waals surface area contributed by atoms with Gasteiger partial charge >= 0.3 is 6.18 Å². The number of nitrogens with one attached hydrogen (secondary N) is 2. The maximum absolute atomic E-state index is 13.2. The molecule has 1 aromatic heterocycles. The standard InChI is InChI=1S/C27H31Cl2F3N4/c28-19-4-3-18-12-23-21(22(18)13-19)8-11-36(25(23)16-34-15-17-7-9-33-14-17)10-1-2-20-5-6-24(29)26(35-20)27(30,31)32/h3-6,13,17,25,33-34H,1-2,7-12,14-16H2/t17-,25?/m0/s1. The molecule has 2 aliphatic heterocycles. The Morgan fingerprint density at radius 1 is 1.14 bits per heavy atom. The van der Waals surface area contributed by atoms with Gasteiger partial charge in [0.1, 0.15) is 0 Å². The minimum Gasteiger partial charge on any atom is -0.316 e. The molecule has 5 rings (SSSR count). The molecule has 1 fully saturated rings. The summed E-state index contributed by atoms with van der Waals surface area (Å²) >= 11 is 12.1. The normalized spacial score (nSPS) is 22.2. The van der Waals surface area contributed by atoms with Gasteiger partial charge in [0.2, 0.25) is 0 Å². The molecule has 1 aliphatic carbocycles. The Kier molecular flexibility index (Phi) is 7.94. The molecule has 3 aliphatic rings. The second kappa shape index (κ2) is 11.0. The fourth-order valence-corrected chi connectivity index (χ4v) is 6.22. The van der Waals surface area contributed by atoms with Gasteiger partial charge in [0.15, 0.2) is 5.69 Å². The number of halogens is 5. The first-order chi connectivity index (χ1) is 17.3. The van der Waals surface area contributed by atoms with Crippen molar-refractivity contribution in [3.8, 4) is 0 Å². The summed E-state index contributed by atoms with van der Waals surface area (Å²) in [7, 11) is 0. The van der Waals surface area contributed by atoms with Gasteiger partial charge in [-0.3, -0.25) is 4.90 Å². The molecular weight excluding hydrogens is 508 g/mol. The molecule has 0 amide bonds. The summed E-state index contributed by atoms with van der Waals surface area (Å²) in [5.41, 5.74) is 4.93. The zero-order valence-corrected chi connectivity index (χ0v) is 21.6. The van der Waals surface area contributed by atoms with Crippen molar-refractivity contribution in [3.05, 3.63) is 68.5 Å². The maximum atomic E-state index is 13.2. The molecule has 1 aromatic carbocycles. The Morgan fingerprint density at radius 2 is 2.00 bits per heavy atom. The SMILES string of the molecule is FC(F)(F)c1nc(CCCN2CCC3=C(Cc4ccc(Cl)cc43)C2CNC[C@H]2CCNC2)ccc1Cl. The number of benzene rings is 1. The largest absolute Gasteiger partial charge is 0.434 e. The molecule has 2 aromatic rings. The number of hydrogen-bond donors (Lipinski definition) is 2. The van der Waals surface area contributed by atoms with Crippen LogP contribution in [0.4, 0.5) is 13.2 Å². The molecule has 1 unspecified atom stereocenters. The molecule has 9 heteroatoms. The van der Waals surface area contributed by atoms with Crippen molar-refractivity contribution in [2.24, 2.45) is 5.92 Å². The summed E-state index contributed by atoms with van der Waals surface area (Å²) in [6.45, 7) is 5.73. The first kappa shape index (κ1) is 26.0. The lowest BCUT2D eigenvalue weighted by molar-refractivity contribution is -0.141. The highest BCUT2D eigenvalue weighted by Gasteiger charge is 2.36. The lowest BCUT2D eigenvalue weighted by atomic mass is 9.92. The van der Waals surface area contributed by atoms with Crippen LogP contribution in [-0.2, 0) is 19.0 Å². The number of hydrogen-bond acceptors (Lipinski definition) is 4. The maximum Gasteiger partial charge on any atom is 0.434 e. The number of aryl methyl sites for hydroxylation is 1. The van der Waals surface area contributed by atoms with Gasteiger partial charge in [-0.2, -0.15) is 13.2 Å². The van der Waals surface area contributed by atoms with Crippen LogP contribution in [0.15, 0.2) is 35.9 Å². The van der Waals surface area contributed by atoms with Gasteiger partial charge in [-0.15, -0.1) is 0 Å². The number of nitrogens with zero attached hydrogens (tertiary/aromatic N) is 2. The van der Waals surface area contributed by atoms with E-state index in [2.05, 4.69) is 32.7 Å². The van der Waals surface area contributed by atoms with Crippen LogP contribution in [0, 0.1) is 5.92 Å². The summed E-state index contributed by atoms with van der Waals surface area (Å²) in [6.07, 6.45) is -0.239. The van der Waals surface area contributed by atoms with Gasteiger partial charge in [0, 0.05) is 29.8 Å². The summed E-state index contributed by atoms with van der Waals surface area (Å²) in [5, 5.41) is 7.56. The quantitative estimate of drug-likeness (QED) is 0.457. The Labute approximate surface area is 220 Å². The molecule has 0 saturated carbocycles. The second-order valence-electron chi connectivity index (χ2n) is 10.0. The lowest BCUT2D eigenvalue weighted by Gasteiger charge is -2.38. The van der Waals surface area contributed by atoms with E-state index in [4.69, 9.17) is 23.2 Å². The van der Waals surface area contributed by atoms with E-state index in [-0.39, 0.29) is 11.1 Å². The predicted octanol–water partition coefficient (Wildman–Crippen LogP) is 5.62. The van der Waals surface area contributed by atoms with Gasteiger partial charge in [-0.1, -0.05) is 29.3 Å². The Bertz CT molecular complexity index is 1130. The third-order valence-corrected chi connectivity index (χ3v) is 8.18. The van der Waals surface area contributed by atoms with Crippen LogP contribution in [0.3, 0.4) is 0 Å². The fraction of sp³-hybridized carbons (Fsp3) is 0.519. The molecule has 3 heterocycles. The molecule has 194 valence electrons. The third-order valence-electron chi connectivity index (χ3n) is 7.64. The zero-order chi connectivity index (χ0) is 25.3. The molecule has 0 bridgehead atoms. The molecule has 1 saturated heterocycles. The fourth-order valence-electron chi connectivity index (χ4n) is 5.83. The number of aromatic nitrogens is 1. The van der Waals surface area contributed by atoms with Gasteiger partial charge in [-0.25, -0.2) is 4.98 Å².